The second-order valence-electron chi connectivity index (χ2n) is 5.98. The van der Waals surface area contributed by atoms with Gasteiger partial charge >= 0.3 is 0 Å². The van der Waals surface area contributed by atoms with Crippen LogP contribution >= 0.6 is 34.5 Å². The lowest BCUT2D eigenvalue weighted by Gasteiger charge is -2.32. The van der Waals surface area contributed by atoms with E-state index in [1.54, 1.807) is 29.3 Å². The van der Waals surface area contributed by atoms with E-state index in [4.69, 9.17) is 23.2 Å². The van der Waals surface area contributed by atoms with E-state index in [-0.39, 0.29) is 17.7 Å². The van der Waals surface area contributed by atoms with E-state index in [1.807, 2.05) is 6.92 Å². The summed E-state index contributed by atoms with van der Waals surface area (Å²) in [4.78, 5) is 32.0. The molecule has 1 fully saturated rings. The number of aromatic nitrogens is 1. The number of hydrogen-bond acceptors (Lipinski definition) is 4. The normalized spacial score (nSPS) is 17.4. The van der Waals surface area contributed by atoms with Crippen molar-refractivity contribution in [2.75, 3.05) is 18.4 Å². The van der Waals surface area contributed by atoms with Crippen LogP contribution in [0, 0.1) is 12.8 Å². The fourth-order valence-electron chi connectivity index (χ4n) is 2.81. The first-order valence-corrected chi connectivity index (χ1v) is 9.49. The lowest BCUT2D eigenvalue weighted by Crippen LogP contribution is -2.43. The van der Waals surface area contributed by atoms with E-state index in [1.165, 1.54) is 11.3 Å². The lowest BCUT2D eigenvalue weighted by atomic mass is 9.96. The van der Waals surface area contributed by atoms with Crippen molar-refractivity contribution < 1.29 is 9.59 Å². The van der Waals surface area contributed by atoms with Gasteiger partial charge in [0.2, 0.25) is 5.91 Å². The topological polar surface area (TPSA) is 62.3 Å². The predicted molar refractivity (Wildman–Crippen MR) is 101 cm³/mol. The molecule has 5 nitrogen and oxygen atoms in total. The summed E-state index contributed by atoms with van der Waals surface area (Å²) in [5.74, 6) is -0.480. The molecule has 1 atom stereocenters. The van der Waals surface area contributed by atoms with Crippen molar-refractivity contribution >= 4 is 51.5 Å². The number of anilines is 1. The summed E-state index contributed by atoms with van der Waals surface area (Å²) in [7, 11) is 0. The van der Waals surface area contributed by atoms with Crippen LogP contribution in [0.4, 0.5) is 5.13 Å². The van der Waals surface area contributed by atoms with Crippen LogP contribution in [0.25, 0.3) is 0 Å². The van der Waals surface area contributed by atoms with E-state index < -0.39 is 0 Å². The van der Waals surface area contributed by atoms with Gasteiger partial charge in [-0.3, -0.25) is 9.59 Å². The van der Waals surface area contributed by atoms with E-state index in [9.17, 15) is 9.59 Å². The van der Waals surface area contributed by atoms with E-state index >= 15 is 0 Å². The van der Waals surface area contributed by atoms with E-state index in [0.29, 0.717) is 33.8 Å². The number of thiazole rings is 1. The molecule has 0 bridgehead atoms. The van der Waals surface area contributed by atoms with Crippen LogP contribution in [0.1, 0.15) is 28.1 Å². The van der Waals surface area contributed by atoms with Gasteiger partial charge in [0.1, 0.15) is 0 Å². The highest BCUT2D eigenvalue weighted by Crippen LogP contribution is 2.26. The maximum Gasteiger partial charge on any atom is 0.253 e. The zero-order valence-electron chi connectivity index (χ0n) is 13.6. The van der Waals surface area contributed by atoms with Gasteiger partial charge in [0.15, 0.2) is 5.13 Å². The minimum atomic E-state index is -0.246. The Balaban J connectivity index is 1.66. The van der Waals surface area contributed by atoms with E-state index in [2.05, 4.69) is 10.3 Å². The number of likely N-dealkylation sites (tertiary alicyclic amines) is 1. The molecule has 3 rings (SSSR count). The van der Waals surface area contributed by atoms with Crippen LogP contribution in [-0.4, -0.2) is 34.8 Å². The summed E-state index contributed by atoms with van der Waals surface area (Å²) in [6.07, 6.45) is 3.25. The van der Waals surface area contributed by atoms with Gasteiger partial charge in [-0.2, -0.15) is 0 Å². The van der Waals surface area contributed by atoms with Gasteiger partial charge in [-0.25, -0.2) is 4.98 Å². The third kappa shape index (κ3) is 4.32. The zero-order chi connectivity index (χ0) is 18.0. The molecule has 1 aromatic carbocycles. The van der Waals surface area contributed by atoms with Gasteiger partial charge in [-0.1, -0.05) is 23.2 Å². The van der Waals surface area contributed by atoms with Gasteiger partial charge in [-0.05, 0) is 38.0 Å². The minimum absolute atomic E-state index is 0.0963. The molecular formula is C17H17Cl2N3O2S. The Morgan fingerprint density at radius 3 is 2.80 bits per heavy atom. The summed E-state index contributed by atoms with van der Waals surface area (Å²) in [5, 5.41) is 4.19. The Morgan fingerprint density at radius 2 is 2.12 bits per heavy atom. The molecule has 0 saturated carbocycles. The minimum Gasteiger partial charge on any atom is -0.338 e. The van der Waals surface area contributed by atoms with Crippen LogP contribution in [0.5, 0.6) is 0 Å². The summed E-state index contributed by atoms with van der Waals surface area (Å²) in [6, 6.07) is 4.82. The number of halogens is 2. The zero-order valence-corrected chi connectivity index (χ0v) is 15.9. The number of amides is 2. The van der Waals surface area contributed by atoms with Gasteiger partial charge in [0.25, 0.3) is 5.91 Å². The maximum atomic E-state index is 12.7. The highest BCUT2D eigenvalue weighted by Gasteiger charge is 2.29. The SMILES string of the molecule is Cc1cnc(NC(=O)C2CCCN(C(=O)c3ccc(Cl)c(Cl)c3)C2)s1. The van der Waals surface area contributed by atoms with Gasteiger partial charge in [0.05, 0.1) is 16.0 Å². The van der Waals surface area contributed by atoms with Gasteiger partial charge in [0, 0.05) is 29.7 Å². The van der Waals surface area contributed by atoms with E-state index in [0.717, 1.165) is 17.7 Å². The number of nitrogens with zero attached hydrogens (tertiary/aromatic N) is 2. The standard InChI is InChI=1S/C17H17Cl2N3O2S/c1-10-8-20-17(25-10)21-15(23)12-3-2-6-22(9-12)16(24)11-4-5-13(18)14(19)7-11/h4-5,7-8,12H,2-3,6,9H2,1H3,(H,20,21,23). The molecule has 1 N–H and O–H groups in total. The number of rotatable bonds is 3. The Labute approximate surface area is 160 Å². The molecule has 1 aliphatic rings. The largest absolute Gasteiger partial charge is 0.338 e. The molecule has 2 heterocycles. The molecular weight excluding hydrogens is 381 g/mol. The van der Waals surface area contributed by atoms with Crippen molar-refractivity contribution in [3.05, 3.63) is 44.9 Å². The van der Waals surface area contributed by atoms with Crippen LogP contribution < -0.4 is 5.32 Å². The van der Waals surface area contributed by atoms with Crippen LogP contribution in [0.15, 0.2) is 24.4 Å². The number of hydrogen-bond donors (Lipinski definition) is 1. The fraction of sp³-hybridized carbons (Fsp3) is 0.353. The molecule has 0 radical (unpaired) electrons. The molecule has 1 saturated heterocycles. The van der Waals surface area contributed by atoms with Crippen molar-refractivity contribution in [3.8, 4) is 0 Å². The highest BCUT2D eigenvalue weighted by atomic mass is 35.5. The predicted octanol–water partition coefficient (Wildman–Crippen LogP) is 4.25. The average Bonchev–Trinajstić information content (AvgIpc) is 3.01. The van der Waals surface area contributed by atoms with Crippen molar-refractivity contribution in [1.82, 2.24) is 9.88 Å². The number of nitrogens with one attached hydrogen (secondary N) is 1. The number of piperidine rings is 1. The first-order chi connectivity index (χ1) is 11.9. The molecule has 2 aromatic rings. The third-order valence-electron chi connectivity index (χ3n) is 4.10. The molecule has 25 heavy (non-hydrogen) atoms. The Kier molecular flexibility index (Phi) is 5.61. The van der Waals surface area contributed by atoms with Gasteiger partial charge < -0.3 is 10.2 Å². The smallest absolute Gasteiger partial charge is 0.253 e. The van der Waals surface area contributed by atoms with Gasteiger partial charge in [-0.15, -0.1) is 11.3 Å². The second-order valence-corrected chi connectivity index (χ2v) is 8.03. The average molecular weight is 398 g/mol. The first kappa shape index (κ1) is 18.2. The Morgan fingerprint density at radius 1 is 1.32 bits per heavy atom. The third-order valence-corrected chi connectivity index (χ3v) is 5.66. The number of benzene rings is 1. The Bertz CT molecular complexity index is 809. The van der Waals surface area contributed by atoms with Crippen molar-refractivity contribution in [3.63, 3.8) is 0 Å². The van der Waals surface area contributed by atoms with Crippen LogP contribution in [-0.2, 0) is 4.79 Å². The first-order valence-electron chi connectivity index (χ1n) is 7.91. The summed E-state index contributed by atoms with van der Waals surface area (Å²) < 4.78 is 0. The number of aryl methyl sites for hydroxylation is 1. The van der Waals surface area contributed by atoms with Crippen LogP contribution in [0.3, 0.4) is 0 Å². The molecule has 2 amide bonds. The summed E-state index contributed by atoms with van der Waals surface area (Å²) in [6.45, 7) is 2.94. The molecule has 1 aliphatic heterocycles. The molecule has 0 aliphatic carbocycles. The van der Waals surface area contributed by atoms with Crippen LogP contribution in [0.2, 0.25) is 10.0 Å². The van der Waals surface area contributed by atoms with Crippen molar-refractivity contribution in [1.29, 1.82) is 0 Å². The summed E-state index contributed by atoms with van der Waals surface area (Å²) in [5.41, 5.74) is 0.478. The monoisotopic (exact) mass is 397 g/mol. The number of carbonyl (C=O) groups excluding carboxylic acids is 2. The molecule has 0 spiro atoms. The van der Waals surface area contributed by atoms with Crippen molar-refractivity contribution in [2.24, 2.45) is 5.92 Å². The molecule has 1 aromatic heterocycles. The highest BCUT2D eigenvalue weighted by molar-refractivity contribution is 7.15. The Hall–Kier alpha value is -1.63. The summed E-state index contributed by atoms with van der Waals surface area (Å²) >= 11 is 13.3. The van der Waals surface area contributed by atoms with Crippen molar-refractivity contribution in [2.45, 2.75) is 19.8 Å². The fourth-order valence-corrected chi connectivity index (χ4v) is 3.77. The lowest BCUT2D eigenvalue weighted by molar-refractivity contribution is -0.121. The molecule has 8 heteroatoms. The molecule has 132 valence electrons. The maximum absolute atomic E-state index is 12.7. The number of carbonyl (C=O) groups is 2. The molecule has 1 unspecified atom stereocenters. The quantitative estimate of drug-likeness (QED) is 0.841. The second kappa shape index (κ2) is 7.72.